The van der Waals surface area contributed by atoms with Crippen molar-refractivity contribution >= 4 is 46.6 Å². The van der Waals surface area contributed by atoms with Crippen molar-refractivity contribution in [3.63, 3.8) is 0 Å². The molecule has 1 aliphatic heterocycles. The smallest absolute Gasteiger partial charge is 0.338 e. The molecule has 1 aliphatic rings. The van der Waals surface area contributed by atoms with Crippen LogP contribution in [0.2, 0.25) is 10.0 Å². The van der Waals surface area contributed by atoms with E-state index in [4.69, 9.17) is 32.7 Å². The largest absolute Gasteiger partial charge is 0.494 e. The monoisotopic (exact) mass is 544 g/mol. The van der Waals surface area contributed by atoms with Crippen molar-refractivity contribution in [2.45, 2.75) is 46.3 Å². The molecule has 9 heteroatoms. The number of rotatable bonds is 7. The maximum absolute atomic E-state index is 13.7. The summed E-state index contributed by atoms with van der Waals surface area (Å²) in [6.07, 6.45) is 2.32. The number of carbonyl (C=O) groups excluding carboxylic acids is 1. The van der Waals surface area contributed by atoms with Gasteiger partial charge in [-0.3, -0.25) is 9.36 Å². The van der Waals surface area contributed by atoms with Gasteiger partial charge in [-0.1, -0.05) is 59.7 Å². The van der Waals surface area contributed by atoms with E-state index in [1.54, 1.807) is 49.6 Å². The lowest BCUT2D eigenvalue weighted by Crippen LogP contribution is -2.40. The van der Waals surface area contributed by atoms with Crippen LogP contribution in [0.5, 0.6) is 5.75 Å². The van der Waals surface area contributed by atoms with Gasteiger partial charge < -0.3 is 9.47 Å². The number of nitrogens with zero attached hydrogens (tertiary/aromatic N) is 2. The van der Waals surface area contributed by atoms with E-state index < -0.39 is 12.0 Å². The Morgan fingerprint density at radius 3 is 2.53 bits per heavy atom. The second kappa shape index (κ2) is 11.0. The van der Waals surface area contributed by atoms with Crippen LogP contribution in [-0.2, 0) is 9.53 Å². The zero-order chi connectivity index (χ0) is 26.0. The lowest BCUT2D eigenvalue weighted by atomic mass is 9.96. The predicted molar refractivity (Wildman–Crippen MR) is 144 cm³/mol. The minimum Gasteiger partial charge on any atom is -0.494 e. The molecule has 0 saturated heterocycles. The Morgan fingerprint density at radius 1 is 1.17 bits per heavy atom. The number of ether oxygens (including phenoxy) is 2. The van der Waals surface area contributed by atoms with Crippen molar-refractivity contribution in [2.75, 3.05) is 6.61 Å². The van der Waals surface area contributed by atoms with E-state index in [-0.39, 0.29) is 11.7 Å². The molecule has 0 aliphatic carbocycles. The van der Waals surface area contributed by atoms with E-state index in [0.717, 1.165) is 23.3 Å². The van der Waals surface area contributed by atoms with Crippen LogP contribution >= 0.6 is 34.5 Å². The van der Waals surface area contributed by atoms with Gasteiger partial charge >= 0.3 is 5.97 Å². The summed E-state index contributed by atoms with van der Waals surface area (Å²) in [6.45, 7) is 7.98. The molecule has 188 valence electrons. The maximum atomic E-state index is 13.7. The van der Waals surface area contributed by atoms with Crippen LogP contribution in [0.3, 0.4) is 0 Å². The Morgan fingerprint density at radius 2 is 1.89 bits per heavy atom. The van der Waals surface area contributed by atoms with Crippen molar-refractivity contribution in [1.82, 2.24) is 4.57 Å². The van der Waals surface area contributed by atoms with Crippen molar-refractivity contribution in [1.29, 1.82) is 0 Å². The van der Waals surface area contributed by atoms with Gasteiger partial charge in [-0.15, -0.1) is 0 Å². The number of hydrogen-bond acceptors (Lipinski definition) is 6. The van der Waals surface area contributed by atoms with Gasteiger partial charge in [0.1, 0.15) is 5.75 Å². The number of thiazole rings is 1. The van der Waals surface area contributed by atoms with Crippen LogP contribution in [0, 0.1) is 0 Å². The third-order valence-electron chi connectivity index (χ3n) is 5.49. The minimum absolute atomic E-state index is 0.261. The third kappa shape index (κ3) is 5.43. The van der Waals surface area contributed by atoms with E-state index in [1.807, 2.05) is 31.2 Å². The predicted octanol–water partition coefficient (Wildman–Crippen LogP) is 5.28. The molecule has 0 bridgehead atoms. The highest BCUT2D eigenvalue weighted by Gasteiger charge is 2.33. The Labute approximate surface area is 223 Å². The number of benzene rings is 2. The second-order valence-corrected chi connectivity index (χ2v) is 10.5. The first kappa shape index (κ1) is 26.2. The minimum atomic E-state index is -0.691. The topological polar surface area (TPSA) is 69.9 Å². The standard InChI is InChI=1S/C27H26Cl2N2O4S/c1-5-12-34-19-9-7-18(8-10-19)24-23(26(33)35-15(2)3)16(4)30-27-31(24)25(32)22(36-27)14-17-6-11-20(28)21(29)13-17/h6-11,13-15,24H,5,12H2,1-4H3. The van der Waals surface area contributed by atoms with Gasteiger partial charge in [0.2, 0.25) is 0 Å². The first-order valence-electron chi connectivity index (χ1n) is 11.6. The number of esters is 1. The third-order valence-corrected chi connectivity index (χ3v) is 7.22. The molecule has 1 unspecified atom stereocenters. The summed E-state index contributed by atoms with van der Waals surface area (Å²) in [5, 5.41) is 0.835. The summed E-state index contributed by atoms with van der Waals surface area (Å²) < 4.78 is 13.3. The van der Waals surface area contributed by atoms with Crippen LogP contribution in [-0.4, -0.2) is 23.2 Å². The molecule has 0 amide bonds. The van der Waals surface area contributed by atoms with Crippen molar-refractivity contribution in [3.05, 3.63) is 94.6 Å². The van der Waals surface area contributed by atoms with E-state index in [1.165, 1.54) is 11.3 Å². The Kier molecular flexibility index (Phi) is 8.03. The molecular weight excluding hydrogens is 519 g/mol. The number of carbonyl (C=O) groups is 1. The first-order chi connectivity index (χ1) is 17.2. The lowest BCUT2D eigenvalue weighted by Gasteiger charge is -2.25. The summed E-state index contributed by atoms with van der Waals surface area (Å²) in [6, 6.07) is 11.9. The fourth-order valence-corrected chi connectivity index (χ4v) is 5.25. The summed E-state index contributed by atoms with van der Waals surface area (Å²) in [7, 11) is 0. The highest BCUT2D eigenvalue weighted by Crippen LogP contribution is 2.32. The molecule has 6 nitrogen and oxygen atoms in total. The summed E-state index contributed by atoms with van der Waals surface area (Å²) in [5.74, 6) is 0.223. The van der Waals surface area contributed by atoms with Crippen LogP contribution in [0.4, 0.5) is 0 Å². The zero-order valence-electron chi connectivity index (χ0n) is 20.4. The van der Waals surface area contributed by atoms with E-state index in [0.29, 0.717) is 37.3 Å². The summed E-state index contributed by atoms with van der Waals surface area (Å²) in [5.41, 5.74) is 2.08. The molecule has 2 heterocycles. The number of halogens is 2. The number of fused-ring (bicyclic) bond motifs is 1. The summed E-state index contributed by atoms with van der Waals surface area (Å²) in [4.78, 5) is 32.0. The molecule has 1 atom stereocenters. The summed E-state index contributed by atoms with van der Waals surface area (Å²) >= 11 is 13.5. The molecule has 0 N–H and O–H groups in total. The molecule has 0 fully saturated rings. The molecule has 36 heavy (non-hydrogen) atoms. The maximum Gasteiger partial charge on any atom is 0.338 e. The molecule has 0 saturated carbocycles. The van der Waals surface area contributed by atoms with Gasteiger partial charge in [-0.2, -0.15) is 0 Å². The van der Waals surface area contributed by atoms with Crippen LogP contribution < -0.4 is 19.6 Å². The first-order valence-corrected chi connectivity index (χ1v) is 13.2. The van der Waals surface area contributed by atoms with Gasteiger partial charge in [0.15, 0.2) is 4.80 Å². The zero-order valence-corrected chi connectivity index (χ0v) is 22.7. The van der Waals surface area contributed by atoms with Crippen molar-refractivity contribution < 1.29 is 14.3 Å². The Balaban J connectivity index is 1.88. The van der Waals surface area contributed by atoms with Gasteiger partial charge in [-0.25, -0.2) is 9.79 Å². The van der Waals surface area contributed by atoms with Crippen molar-refractivity contribution in [3.8, 4) is 5.75 Å². The Bertz CT molecular complexity index is 1500. The molecular formula is C27H26Cl2N2O4S. The van der Waals surface area contributed by atoms with E-state index >= 15 is 0 Å². The molecule has 4 rings (SSSR count). The molecule has 2 aromatic carbocycles. The fourth-order valence-electron chi connectivity index (χ4n) is 3.90. The molecule has 3 aromatic rings. The van der Waals surface area contributed by atoms with Gasteiger partial charge in [0.05, 0.1) is 44.6 Å². The highest BCUT2D eigenvalue weighted by atomic mass is 35.5. The van der Waals surface area contributed by atoms with Gasteiger partial charge in [0.25, 0.3) is 5.56 Å². The normalized spacial score (nSPS) is 15.6. The fraction of sp³-hybridized carbons (Fsp3) is 0.296. The number of hydrogen-bond donors (Lipinski definition) is 0. The van der Waals surface area contributed by atoms with E-state index in [2.05, 4.69) is 4.99 Å². The lowest BCUT2D eigenvalue weighted by molar-refractivity contribution is -0.143. The van der Waals surface area contributed by atoms with Crippen LogP contribution in [0.1, 0.15) is 51.3 Å². The van der Waals surface area contributed by atoms with Crippen molar-refractivity contribution in [2.24, 2.45) is 4.99 Å². The molecule has 1 aromatic heterocycles. The van der Waals surface area contributed by atoms with Gasteiger partial charge in [0, 0.05) is 0 Å². The average molecular weight is 545 g/mol. The molecule has 0 radical (unpaired) electrons. The number of aromatic nitrogens is 1. The average Bonchev–Trinajstić information content (AvgIpc) is 3.13. The van der Waals surface area contributed by atoms with Crippen LogP contribution in [0.15, 0.2) is 63.5 Å². The van der Waals surface area contributed by atoms with Crippen LogP contribution in [0.25, 0.3) is 6.08 Å². The second-order valence-electron chi connectivity index (χ2n) is 8.63. The van der Waals surface area contributed by atoms with Gasteiger partial charge in [-0.05, 0) is 68.7 Å². The number of allylic oxidation sites excluding steroid dienone is 1. The van der Waals surface area contributed by atoms with E-state index in [9.17, 15) is 9.59 Å². The molecule has 0 spiro atoms. The SMILES string of the molecule is CCCOc1ccc(C2C(C(=O)OC(C)C)=C(C)N=c3sc(=Cc4ccc(Cl)c(Cl)c4)c(=O)n32)cc1. The quantitative estimate of drug-likeness (QED) is 0.379. The Hall–Kier alpha value is -2.87. The highest BCUT2D eigenvalue weighted by molar-refractivity contribution is 7.07.